The van der Waals surface area contributed by atoms with Crippen molar-refractivity contribution in [2.45, 2.75) is 20.8 Å². The van der Waals surface area contributed by atoms with Gasteiger partial charge in [-0.05, 0) is 24.5 Å². The second-order valence-corrected chi connectivity index (χ2v) is 5.35. The molecule has 0 aliphatic heterocycles. The van der Waals surface area contributed by atoms with Crippen LogP contribution in [0.1, 0.15) is 25.0 Å². The van der Waals surface area contributed by atoms with Gasteiger partial charge in [0.15, 0.2) is 0 Å². The Morgan fingerprint density at radius 2 is 2.11 bits per heavy atom. The monoisotopic (exact) mass is 279 g/mol. The first-order valence-electron chi connectivity index (χ1n) is 6.31. The molecule has 0 saturated carbocycles. The fourth-order valence-electron chi connectivity index (χ4n) is 1.66. The zero-order valence-corrected chi connectivity index (χ0v) is 12.4. The van der Waals surface area contributed by atoms with E-state index in [1.54, 1.807) is 0 Å². The Hall–Kier alpha value is -1.62. The van der Waals surface area contributed by atoms with Gasteiger partial charge in [-0.3, -0.25) is 4.79 Å². The molecule has 19 heavy (non-hydrogen) atoms. The van der Waals surface area contributed by atoms with Gasteiger partial charge in [-0.15, -0.1) is 0 Å². The number of aryl methyl sites for hydroxylation is 1. The molecule has 0 atom stereocenters. The number of nitrogens with one attached hydrogen (secondary N) is 2. The number of hydrogen-bond donors (Lipinski definition) is 3. The van der Waals surface area contributed by atoms with E-state index in [0.29, 0.717) is 17.5 Å². The van der Waals surface area contributed by atoms with Crippen molar-refractivity contribution in [3.63, 3.8) is 0 Å². The summed E-state index contributed by atoms with van der Waals surface area (Å²) in [4.78, 5) is 12.0. The van der Waals surface area contributed by atoms with Gasteiger partial charge in [-0.25, -0.2) is 0 Å². The molecular weight excluding hydrogens is 258 g/mol. The molecule has 1 amide bonds. The lowest BCUT2D eigenvalue weighted by molar-refractivity contribution is -0.119. The topological polar surface area (TPSA) is 67.1 Å². The van der Waals surface area contributed by atoms with E-state index < -0.39 is 0 Å². The third-order valence-electron chi connectivity index (χ3n) is 2.67. The molecule has 0 bridgehead atoms. The maximum Gasteiger partial charge on any atom is 0.239 e. The Morgan fingerprint density at radius 3 is 2.68 bits per heavy atom. The predicted molar refractivity (Wildman–Crippen MR) is 83.4 cm³/mol. The van der Waals surface area contributed by atoms with Gasteiger partial charge in [0.05, 0.1) is 6.54 Å². The number of carbonyl (C=O) groups is 1. The molecule has 0 aromatic heterocycles. The second-order valence-electron chi connectivity index (χ2n) is 4.91. The summed E-state index contributed by atoms with van der Waals surface area (Å²) in [6.07, 6.45) is 0. The molecule has 4 N–H and O–H groups in total. The average molecular weight is 279 g/mol. The minimum absolute atomic E-state index is 0.0363. The summed E-state index contributed by atoms with van der Waals surface area (Å²) < 4.78 is 0. The van der Waals surface area contributed by atoms with Crippen molar-refractivity contribution < 1.29 is 4.79 Å². The number of anilines is 1. The number of nitrogens with two attached hydrogens (primary N) is 1. The van der Waals surface area contributed by atoms with E-state index in [2.05, 4.69) is 24.5 Å². The third kappa shape index (κ3) is 4.87. The quantitative estimate of drug-likeness (QED) is 0.695. The first kappa shape index (κ1) is 15.4. The summed E-state index contributed by atoms with van der Waals surface area (Å²) in [6.45, 7) is 6.96. The van der Waals surface area contributed by atoms with Crippen molar-refractivity contribution >= 4 is 28.8 Å². The lowest BCUT2D eigenvalue weighted by atomic mass is 10.1. The highest BCUT2D eigenvalue weighted by atomic mass is 32.1. The largest absolute Gasteiger partial charge is 0.389 e. The van der Waals surface area contributed by atoms with E-state index in [1.807, 2.05) is 25.1 Å². The number of rotatable bonds is 6. The lowest BCUT2D eigenvalue weighted by Crippen LogP contribution is -2.33. The number of para-hydroxylation sites is 1. The van der Waals surface area contributed by atoms with Crippen LogP contribution in [0.15, 0.2) is 18.2 Å². The van der Waals surface area contributed by atoms with Gasteiger partial charge >= 0.3 is 0 Å². The molecule has 1 aromatic carbocycles. The van der Waals surface area contributed by atoms with Crippen molar-refractivity contribution in [2.24, 2.45) is 11.7 Å². The lowest BCUT2D eigenvalue weighted by Gasteiger charge is -2.14. The van der Waals surface area contributed by atoms with Crippen LogP contribution in [0.2, 0.25) is 0 Å². The molecule has 104 valence electrons. The molecule has 0 radical (unpaired) electrons. The molecule has 1 aromatic rings. The van der Waals surface area contributed by atoms with E-state index in [0.717, 1.165) is 16.8 Å². The van der Waals surface area contributed by atoms with Gasteiger partial charge in [0.1, 0.15) is 4.99 Å². The third-order valence-corrected chi connectivity index (χ3v) is 2.89. The maximum absolute atomic E-state index is 11.7. The number of thiocarbonyl (C=S) groups is 1. The molecule has 5 heteroatoms. The fraction of sp³-hybridized carbons (Fsp3) is 0.429. The Morgan fingerprint density at radius 1 is 1.42 bits per heavy atom. The Kier molecular flexibility index (Phi) is 5.76. The highest BCUT2D eigenvalue weighted by Crippen LogP contribution is 2.20. The minimum atomic E-state index is -0.0363. The van der Waals surface area contributed by atoms with Crippen LogP contribution in [0, 0.1) is 12.8 Å². The fourth-order valence-corrected chi connectivity index (χ4v) is 1.83. The zero-order valence-electron chi connectivity index (χ0n) is 11.6. The second kappa shape index (κ2) is 7.09. The molecule has 0 heterocycles. The summed E-state index contributed by atoms with van der Waals surface area (Å²) >= 11 is 5.01. The van der Waals surface area contributed by atoms with Crippen molar-refractivity contribution in [3.05, 3.63) is 29.3 Å². The normalized spacial score (nSPS) is 10.3. The highest BCUT2D eigenvalue weighted by Gasteiger charge is 2.09. The van der Waals surface area contributed by atoms with Gasteiger partial charge in [0, 0.05) is 17.8 Å². The van der Waals surface area contributed by atoms with Gasteiger partial charge < -0.3 is 16.4 Å². The summed E-state index contributed by atoms with van der Waals surface area (Å²) in [5.41, 5.74) is 8.29. The van der Waals surface area contributed by atoms with Crippen molar-refractivity contribution in [1.82, 2.24) is 5.32 Å². The Labute approximate surface area is 119 Å². The van der Waals surface area contributed by atoms with E-state index in [4.69, 9.17) is 18.0 Å². The van der Waals surface area contributed by atoms with Crippen LogP contribution in [0.5, 0.6) is 0 Å². The van der Waals surface area contributed by atoms with Crippen molar-refractivity contribution in [2.75, 3.05) is 18.4 Å². The highest BCUT2D eigenvalue weighted by molar-refractivity contribution is 7.80. The number of hydrogen-bond acceptors (Lipinski definition) is 3. The number of amides is 1. The van der Waals surface area contributed by atoms with Crippen LogP contribution in [0.25, 0.3) is 0 Å². The van der Waals surface area contributed by atoms with E-state index >= 15 is 0 Å². The first-order chi connectivity index (χ1) is 8.91. The first-order valence-corrected chi connectivity index (χ1v) is 6.72. The molecule has 0 saturated heterocycles. The average Bonchev–Trinajstić information content (AvgIpc) is 2.34. The maximum atomic E-state index is 11.7. The van der Waals surface area contributed by atoms with Crippen LogP contribution in [-0.2, 0) is 4.79 Å². The molecule has 0 spiro atoms. The van der Waals surface area contributed by atoms with Crippen LogP contribution >= 0.6 is 12.2 Å². The Balaban J connectivity index is 2.67. The van der Waals surface area contributed by atoms with Crippen LogP contribution < -0.4 is 16.4 Å². The van der Waals surface area contributed by atoms with E-state index in [1.165, 1.54) is 0 Å². The van der Waals surface area contributed by atoms with Gasteiger partial charge in [0.2, 0.25) is 5.91 Å². The molecule has 4 nitrogen and oxygen atoms in total. The summed E-state index contributed by atoms with van der Waals surface area (Å²) in [6, 6.07) is 5.70. The van der Waals surface area contributed by atoms with E-state index in [9.17, 15) is 4.79 Å². The van der Waals surface area contributed by atoms with Crippen LogP contribution in [0.3, 0.4) is 0 Å². The Bertz CT molecular complexity index is 472. The molecular formula is C14H21N3OS. The zero-order chi connectivity index (χ0) is 14.4. The standard InChI is InChI=1S/C14H21N3OS/c1-9(2)7-16-12(18)8-17-13-10(3)5-4-6-11(13)14(15)19/h4-6,9,17H,7-8H2,1-3H3,(H2,15,19)(H,16,18). The SMILES string of the molecule is Cc1cccc(C(N)=S)c1NCC(=O)NCC(C)C. The molecule has 0 fully saturated rings. The summed E-state index contributed by atoms with van der Waals surface area (Å²) in [7, 11) is 0. The van der Waals surface area contributed by atoms with Crippen molar-refractivity contribution in [1.29, 1.82) is 0 Å². The molecule has 0 aliphatic carbocycles. The van der Waals surface area contributed by atoms with Crippen molar-refractivity contribution in [3.8, 4) is 0 Å². The van der Waals surface area contributed by atoms with Gasteiger partial charge in [-0.2, -0.15) is 0 Å². The molecule has 0 aliphatic rings. The van der Waals surface area contributed by atoms with Gasteiger partial charge in [0.25, 0.3) is 0 Å². The smallest absolute Gasteiger partial charge is 0.239 e. The van der Waals surface area contributed by atoms with E-state index in [-0.39, 0.29) is 12.5 Å². The molecule has 1 rings (SSSR count). The molecule has 0 unspecified atom stereocenters. The van der Waals surface area contributed by atoms with Gasteiger partial charge in [-0.1, -0.05) is 38.2 Å². The summed E-state index contributed by atoms with van der Waals surface area (Å²) in [5.74, 6) is 0.403. The predicted octanol–water partition coefficient (Wildman–Crippen LogP) is 1.81. The summed E-state index contributed by atoms with van der Waals surface area (Å²) in [5, 5.41) is 5.96. The number of carbonyl (C=O) groups excluding carboxylic acids is 1. The minimum Gasteiger partial charge on any atom is -0.389 e. The van der Waals surface area contributed by atoms with Crippen LogP contribution in [0.4, 0.5) is 5.69 Å². The number of benzene rings is 1. The van der Waals surface area contributed by atoms with Crippen LogP contribution in [-0.4, -0.2) is 24.0 Å².